The minimum absolute atomic E-state index is 0.0886. The normalized spacial score (nSPS) is 24.4. The van der Waals surface area contributed by atoms with Crippen LogP contribution in [0.5, 0.6) is 0 Å². The smallest absolute Gasteiger partial charge is 0.269 e. The molecule has 33 heavy (non-hydrogen) atoms. The van der Waals surface area contributed by atoms with Crippen LogP contribution in [0, 0.1) is 62.9 Å². The fraction of sp³-hybridized carbons (Fsp3) is 0.333. The number of nitro groups is 1. The van der Waals surface area contributed by atoms with Gasteiger partial charge in [-0.15, -0.1) is 0 Å². The summed E-state index contributed by atoms with van der Waals surface area (Å²) in [5, 5.41) is 55.6. The topological polar surface area (TPSA) is 151 Å². The third kappa shape index (κ3) is 3.67. The second-order valence-electron chi connectivity index (χ2n) is 8.38. The molecule has 1 saturated carbocycles. The molecule has 0 saturated heterocycles. The van der Waals surface area contributed by atoms with Crippen LogP contribution >= 0.6 is 0 Å². The van der Waals surface area contributed by atoms with Gasteiger partial charge in [-0.2, -0.15) is 20.4 Å². The number of pyridine rings is 1. The molecule has 0 spiro atoms. The van der Waals surface area contributed by atoms with Gasteiger partial charge in [0.25, 0.3) is 5.69 Å². The van der Waals surface area contributed by atoms with Crippen molar-refractivity contribution >= 4 is 5.69 Å². The van der Waals surface area contributed by atoms with Gasteiger partial charge in [0.1, 0.15) is 0 Å². The number of aliphatic hydroxyl groups is 1. The molecule has 9 heteroatoms. The molecule has 1 aromatic heterocycles. The summed E-state index contributed by atoms with van der Waals surface area (Å²) in [7, 11) is 0. The number of nitriles is 3. The second-order valence-corrected chi connectivity index (χ2v) is 8.38. The van der Waals surface area contributed by atoms with E-state index in [0.717, 1.165) is 18.5 Å². The van der Waals surface area contributed by atoms with Crippen LogP contribution in [0.1, 0.15) is 36.1 Å². The molecular weight excluding hydrogens is 420 g/mol. The van der Waals surface area contributed by atoms with E-state index in [0.29, 0.717) is 5.56 Å². The van der Waals surface area contributed by atoms with Gasteiger partial charge in [0.05, 0.1) is 40.3 Å². The summed E-state index contributed by atoms with van der Waals surface area (Å²) in [5.74, 6) is -2.16. The third-order valence-electron chi connectivity index (χ3n) is 6.43. The molecule has 1 aromatic carbocycles. The molecular formula is C24H21N6O3+. The predicted molar refractivity (Wildman–Crippen MR) is 114 cm³/mol. The first kappa shape index (κ1) is 22.0. The van der Waals surface area contributed by atoms with Gasteiger partial charge in [0.2, 0.25) is 11.8 Å². The Morgan fingerprint density at radius 3 is 2.36 bits per heavy atom. The maximum Gasteiger partial charge on any atom is 0.269 e. The van der Waals surface area contributed by atoms with Crippen molar-refractivity contribution in [3.05, 3.63) is 81.3 Å². The van der Waals surface area contributed by atoms with E-state index in [4.69, 9.17) is 0 Å². The van der Waals surface area contributed by atoms with Crippen molar-refractivity contribution in [2.45, 2.75) is 37.5 Å². The van der Waals surface area contributed by atoms with Crippen LogP contribution in [0.2, 0.25) is 0 Å². The van der Waals surface area contributed by atoms with Crippen LogP contribution in [-0.4, -0.2) is 15.8 Å². The molecule has 2 N–H and O–H groups in total. The molecule has 0 bridgehead atoms. The molecule has 9 nitrogen and oxygen atoms in total. The fourth-order valence-electron chi connectivity index (χ4n) is 4.70. The molecule has 1 fully saturated rings. The molecule has 4 rings (SSSR count). The number of aryl methyl sites for hydroxylation is 1. The summed E-state index contributed by atoms with van der Waals surface area (Å²) in [6, 6.07) is 16.7. The number of hydrogen-bond donors (Lipinski definition) is 2. The van der Waals surface area contributed by atoms with Crippen molar-refractivity contribution in [3.63, 3.8) is 0 Å². The van der Waals surface area contributed by atoms with Crippen molar-refractivity contribution in [2.75, 3.05) is 0 Å². The summed E-state index contributed by atoms with van der Waals surface area (Å²) in [4.78, 5) is 10.7. The third-order valence-corrected chi connectivity index (χ3v) is 6.43. The first-order chi connectivity index (χ1) is 15.8. The van der Waals surface area contributed by atoms with Gasteiger partial charge in [-0.25, -0.2) is 0 Å². The van der Waals surface area contributed by atoms with Crippen LogP contribution in [0.3, 0.4) is 0 Å². The lowest BCUT2D eigenvalue weighted by Gasteiger charge is -2.43. The first-order valence-corrected chi connectivity index (χ1v) is 10.5. The number of rotatable bonds is 5. The fourth-order valence-corrected chi connectivity index (χ4v) is 4.70. The van der Waals surface area contributed by atoms with Crippen LogP contribution in [-0.2, 0) is 0 Å². The number of aromatic nitrogens is 1. The monoisotopic (exact) mass is 441 g/mol. The molecule has 0 radical (unpaired) electrons. The average Bonchev–Trinajstić information content (AvgIpc) is 3.66. The summed E-state index contributed by atoms with van der Waals surface area (Å²) in [6.07, 6.45) is 3.32. The maximum absolute atomic E-state index is 12.0. The number of allylic oxidation sites excluding steroid dienone is 2. The highest BCUT2D eigenvalue weighted by atomic mass is 16.6. The minimum atomic E-state index is -1.54. The van der Waals surface area contributed by atoms with Crippen LogP contribution in [0.15, 0.2) is 59.9 Å². The number of benzene rings is 1. The van der Waals surface area contributed by atoms with E-state index in [-0.39, 0.29) is 22.9 Å². The number of nitrogens with zero attached hydrogens (tertiary/aromatic N) is 5. The summed E-state index contributed by atoms with van der Waals surface area (Å²) < 4.78 is 1.89. The van der Waals surface area contributed by atoms with E-state index in [1.54, 1.807) is 12.1 Å². The highest BCUT2D eigenvalue weighted by Gasteiger charge is 2.62. The lowest BCUT2D eigenvalue weighted by molar-refractivity contribution is -0.747. The lowest BCUT2D eigenvalue weighted by atomic mass is 9.73. The summed E-state index contributed by atoms with van der Waals surface area (Å²) >= 11 is 0. The Labute approximate surface area is 190 Å². The van der Waals surface area contributed by atoms with Crippen LogP contribution in [0.25, 0.3) is 0 Å². The quantitative estimate of drug-likeness (QED) is 0.411. The first-order valence-electron chi connectivity index (χ1n) is 10.5. The van der Waals surface area contributed by atoms with E-state index in [9.17, 15) is 31.0 Å². The Morgan fingerprint density at radius 2 is 1.85 bits per heavy atom. The largest absolute Gasteiger partial charge is 0.365 e. The zero-order valence-corrected chi connectivity index (χ0v) is 17.8. The van der Waals surface area contributed by atoms with Crippen LogP contribution in [0.4, 0.5) is 5.69 Å². The molecule has 0 amide bonds. The summed E-state index contributed by atoms with van der Waals surface area (Å²) in [6.45, 7) is 1.89. The van der Waals surface area contributed by atoms with Gasteiger partial charge in [0, 0.05) is 37.1 Å². The van der Waals surface area contributed by atoms with Crippen molar-refractivity contribution in [1.29, 1.82) is 15.8 Å². The number of nitrogens with one attached hydrogen (secondary N) is 1. The van der Waals surface area contributed by atoms with Crippen molar-refractivity contribution in [1.82, 2.24) is 5.32 Å². The van der Waals surface area contributed by atoms with Gasteiger partial charge in [-0.1, -0.05) is 18.2 Å². The van der Waals surface area contributed by atoms with Gasteiger partial charge in [0.15, 0.2) is 17.8 Å². The van der Waals surface area contributed by atoms with Crippen molar-refractivity contribution in [3.8, 4) is 18.2 Å². The predicted octanol–water partition coefficient (Wildman–Crippen LogP) is 2.66. The second kappa shape index (κ2) is 8.35. The Kier molecular flexibility index (Phi) is 5.55. The van der Waals surface area contributed by atoms with Gasteiger partial charge in [-0.3, -0.25) is 10.1 Å². The van der Waals surface area contributed by atoms with Gasteiger partial charge in [-0.05, 0) is 18.4 Å². The average molecular weight is 441 g/mol. The zero-order chi connectivity index (χ0) is 23.8. The lowest BCUT2D eigenvalue weighted by Crippen LogP contribution is -2.67. The van der Waals surface area contributed by atoms with E-state index in [1.165, 1.54) is 12.1 Å². The molecule has 0 unspecified atom stereocenters. The van der Waals surface area contributed by atoms with E-state index < -0.39 is 28.5 Å². The molecule has 164 valence electrons. The van der Waals surface area contributed by atoms with E-state index in [1.807, 2.05) is 48.0 Å². The van der Waals surface area contributed by atoms with Gasteiger partial charge < -0.3 is 10.4 Å². The Balaban J connectivity index is 2.02. The summed E-state index contributed by atoms with van der Waals surface area (Å²) in [5.41, 5.74) is 0.0255. The van der Waals surface area contributed by atoms with Gasteiger partial charge >= 0.3 is 0 Å². The highest BCUT2D eigenvalue weighted by Crippen LogP contribution is 2.52. The van der Waals surface area contributed by atoms with Crippen LogP contribution < -0.4 is 9.88 Å². The molecule has 2 aliphatic rings. The SMILES string of the molecule is Cc1cccc[n+]1[C@@H]1[C@@H](c2ccc([N+](=O)[O-])cc2)C(C#N)=C(C(C#N)C#N)N[C@@]1(O)C1CC1. The molecule has 1 aliphatic carbocycles. The number of nitro benzene ring substituents is 1. The minimum Gasteiger partial charge on any atom is -0.365 e. The number of hydrogen-bond acceptors (Lipinski definition) is 7. The highest BCUT2D eigenvalue weighted by molar-refractivity contribution is 5.48. The number of non-ortho nitro benzene ring substituents is 1. The Morgan fingerprint density at radius 1 is 1.18 bits per heavy atom. The Hall–Kier alpha value is -4.26. The Bertz CT molecular complexity index is 1250. The molecule has 2 aromatic rings. The van der Waals surface area contributed by atoms with Crippen molar-refractivity contribution < 1.29 is 14.6 Å². The zero-order valence-electron chi connectivity index (χ0n) is 17.8. The standard InChI is InChI=1S/C24H21N6O3/c1-15-4-2-3-11-29(15)23-21(16-5-9-19(10-6-16)30(32)33)20(14-27)22(17(12-25)13-26)28-24(23,31)18-7-8-18/h2-6,9-11,17-18,21,23,28,31H,7-8H2,1H3/q+1/t21-,23+,24+/m0/s1. The van der Waals surface area contributed by atoms with E-state index >= 15 is 0 Å². The van der Waals surface area contributed by atoms with Crippen molar-refractivity contribution in [2.24, 2.45) is 11.8 Å². The maximum atomic E-state index is 12.0. The van der Waals surface area contributed by atoms with E-state index in [2.05, 4.69) is 11.4 Å². The molecule has 2 heterocycles. The molecule has 3 atom stereocenters. The molecule has 1 aliphatic heterocycles.